The van der Waals surface area contributed by atoms with Crippen LogP contribution in [0.5, 0.6) is 0 Å². The second kappa shape index (κ2) is 12.9. The van der Waals surface area contributed by atoms with E-state index < -0.39 is 25.0 Å². The van der Waals surface area contributed by atoms with Crippen molar-refractivity contribution in [3.63, 3.8) is 0 Å². The van der Waals surface area contributed by atoms with Crippen molar-refractivity contribution in [1.82, 2.24) is 0 Å². The highest BCUT2D eigenvalue weighted by molar-refractivity contribution is 14.1. The van der Waals surface area contributed by atoms with Gasteiger partial charge in [-0.15, -0.1) is 6.58 Å². The molecule has 0 amide bonds. The molecule has 0 N–H and O–H groups in total. The molecule has 0 aromatic carbocycles. The van der Waals surface area contributed by atoms with Crippen molar-refractivity contribution in [2.75, 3.05) is 0 Å². The summed E-state index contributed by atoms with van der Waals surface area (Å²) in [5, 5.41) is 0.392. The van der Waals surface area contributed by atoms with Gasteiger partial charge in [-0.2, -0.15) is 0 Å². The van der Waals surface area contributed by atoms with Crippen LogP contribution in [0.1, 0.15) is 82.1 Å². The maximum absolute atomic E-state index is 7.46. The van der Waals surface area contributed by atoms with Gasteiger partial charge in [-0.05, 0) is 83.2 Å². The summed E-state index contributed by atoms with van der Waals surface area (Å²) in [5.74, 6) is 1.13. The van der Waals surface area contributed by atoms with E-state index in [1.807, 2.05) is 0 Å². The average molecular weight is 695 g/mol. The van der Waals surface area contributed by atoms with Gasteiger partial charge in [-0.25, -0.2) is 0 Å². The van der Waals surface area contributed by atoms with Gasteiger partial charge < -0.3 is 13.3 Å². The van der Waals surface area contributed by atoms with Crippen molar-refractivity contribution in [2.24, 2.45) is 17.8 Å². The minimum Gasteiger partial charge on any atom is -0.411 e. The van der Waals surface area contributed by atoms with Crippen molar-refractivity contribution in [3.8, 4) is 0 Å². The maximum Gasteiger partial charge on any atom is 0.192 e. The summed E-state index contributed by atoms with van der Waals surface area (Å²) in [6.45, 7) is 41.9. The Morgan fingerprint density at radius 1 is 0.789 bits per heavy atom. The van der Waals surface area contributed by atoms with Crippen molar-refractivity contribution in [2.45, 2.75) is 155 Å². The van der Waals surface area contributed by atoms with Crippen LogP contribution in [0.15, 0.2) is 22.8 Å². The Kier molecular flexibility index (Phi) is 12.5. The first-order valence-electron chi connectivity index (χ1n) is 14.7. The third-order valence-corrected chi connectivity index (χ3v) is 24.3. The summed E-state index contributed by atoms with van der Waals surface area (Å²) in [6, 6.07) is 0. The second-order valence-corrected chi connectivity index (χ2v) is 31.4. The minimum absolute atomic E-state index is 0.00319. The zero-order chi connectivity index (χ0) is 30.1. The minimum atomic E-state index is -2.09. The predicted molar refractivity (Wildman–Crippen MR) is 185 cm³/mol. The predicted octanol–water partition coefficient (Wildman–Crippen LogP) is 11.0. The summed E-state index contributed by atoms with van der Waals surface area (Å²) in [5.41, 5.74) is 0. The van der Waals surface area contributed by atoms with E-state index in [9.17, 15) is 0 Å². The average Bonchev–Trinajstić information content (AvgIpc) is 2.69. The zero-order valence-corrected chi connectivity index (χ0v) is 33.1. The summed E-state index contributed by atoms with van der Waals surface area (Å²) >= 11 is 2.37. The summed E-state index contributed by atoms with van der Waals surface area (Å²) in [6.07, 6.45) is 6.54. The number of rotatable bonds is 10. The van der Waals surface area contributed by atoms with E-state index in [4.69, 9.17) is 13.3 Å². The van der Waals surface area contributed by atoms with E-state index in [-0.39, 0.29) is 39.3 Å². The second-order valence-electron chi connectivity index (χ2n) is 16.4. The number of hydrogen-bond donors (Lipinski definition) is 0. The van der Waals surface area contributed by atoms with Gasteiger partial charge in [0.1, 0.15) is 0 Å². The van der Waals surface area contributed by atoms with Gasteiger partial charge in [0.2, 0.25) is 0 Å². The summed E-state index contributed by atoms with van der Waals surface area (Å²) in [7, 11) is -6.16. The Hall–Kier alpha value is 0.741. The van der Waals surface area contributed by atoms with Crippen LogP contribution in [-0.4, -0.2) is 43.3 Å². The van der Waals surface area contributed by atoms with Crippen molar-refractivity contribution < 1.29 is 13.3 Å². The Morgan fingerprint density at radius 2 is 1.21 bits per heavy atom. The fourth-order valence-electron chi connectivity index (χ4n) is 4.58. The molecule has 0 unspecified atom stereocenters. The summed E-state index contributed by atoms with van der Waals surface area (Å²) in [4.78, 5) is 0. The van der Waals surface area contributed by atoms with Gasteiger partial charge >= 0.3 is 0 Å². The van der Waals surface area contributed by atoms with E-state index in [0.29, 0.717) is 11.8 Å². The molecule has 1 fully saturated rings. The lowest BCUT2D eigenvalue weighted by molar-refractivity contribution is -0.0998. The van der Waals surface area contributed by atoms with Crippen LogP contribution in [0.25, 0.3) is 0 Å². The Balaban J connectivity index is 3.80. The molecule has 0 aromatic heterocycles. The summed E-state index contributed by atoms with van der Waals surface area (Å²) < 4.78 is 24.2. The Labute approximate surface area is 254 Å². The smallest absolute Gasteiger partial charge is 0.192 e. The molecule has 3 nitrogen and oxygen atoms in total. The molecule has 7 heteroatoms. The first-order valence-corrected chi connectivity index (χ1v) is 24.7. The van der Waals surface area contributed by atoms with E-state index in [0.717, 1.165) is 12.8 Å². The molecule has 224 valence electrons. The number of allylic oxidation sites excluding steroid dienone is 1. The molecular formula is C31H63IO3Si3. The van der Waals surface area contributed by atoms with Gasteiger partial charge in [0.15, 0.2) is 25.0 Å². The third kappa shape index (κ3) is 8.87. The third-order valence-electron chi connectivity index (χ3n) is 10.4. The highest BCUT2D eigenvalue weighted by Gasteiger charge is 2.54. The lowest BCUT2D eigenvalue weighted by Gasteiger charge is -2.54. The molecule has 0 aliphatic heterocycles. The van der Waals surface area contributed by atoms with Crippen LogP contribution in [0, 0.1) is 17.8 Å². The quantitative estimate of drug-likeness (QED) is 0.129. The topological polar surface area (TPSA) is 27.7 Å². The largest absolute Gasteiger partial charge is 0.411 e. The molecule has 0 bridgehead atoms. The number of halogens is 1. The van der Waals surface area contributed by atoms with E-state index in [1.165, 1.54) is 0 Å². The molecule has 0 aromatic rings. The van der Waals surface area contributed by atoms with Gasteiger partial charge in [0.05, 0.1) is 18.3 Å². The molecular weight excluding hydrogens is 632 g/mol. The first kappa shape index (κ1) is 36.8. The molecule has 1 aliphatic rings. The molecule has 0 radical (unpaired) electrons. The lowest BCUT2D eigenvalue weighted by atomic mass is 9.68. The Morgan fingerprint density at radius 3 is 1.58 bits per heavy atom. The molecule has 0 saturated heterocycles. The molecule has 38 heavy (non-hydrogen) atoms. The maximum atomic E-state index is 7.46. The highest BCUT2D eigenvalue weighted by atomic mass is 127. The van der Waals surface area contributed by atoms with E-state index >= 15 is 0 Å². The van der Waals surface area contributed by atoms with Crippen molar-refractivity contribution in [1.29, 1.82) is 0 Å². The number of hydrogen-bond acceptors (Lipinski definition) is 3. The van der Waals surface area contributed by atoms with Gasteiger partial charge in [0, 0.05) is 5.92 Å². The normalized spacial score (nSPS) is 27.6. The highest BCUT2D eigenvalue weighted by Crippen LogP contribution is 2.49. The first-order chi connectivity index (χ1) is 16.8. The zero-order valence-electron chi connectivity index (χ0n) is 27.9. The van der Waals surface area contributed by atoms with Gasteiger partial charge in [-0.1, -0.05) is 104 Å². The lowest BCUT2D eigenvalue weighted by Crippen LogP contribution is -2.61. The van der Waals surface area contributed by atoms with Crippen molar-refractivity contribution >= 4 is 47.5 Å². The van der Waals surface area contributed by atoms with Crippen LogP contribution in [-0.2, 0) is 13.3 Å². The van der Waals surface area contributed by atoms with Crippen LogP contribution in [0.2, 0.25) is 54.4 Å². The van der Waals surface area contributed by atoms with Crippen LogP contribution in [0.4, 0.5) is 0 Å². The molecule has 1 saturated carbocycles. The fraction of sp³-hybridized carbons (Fsp3) is 0.871. The molecule has 1 rings (SSSR count). The van der Waals surface area contributed by atoms with Crippen LogP contribution >= 0.6 is 22.6 Å². The van der Waals surface area contributed by atoms with Gasteiger partial charge in [0.25, 0.3) is 0 Å². The molecule has 0 spiro atoms. The van der Waals surface area contributed by atoms with E-state index in [2.05, 4.69) is 154 Å². The fourth-order valence-corrected chi connectivity index (χ4v) is 9.00. The van der Waals surface area contributed by atoms with E-state index in [1.54, 1.807) is 0 Å². The molecule has 1 aliphatic carbocycles. The van der Waals surface area contributed by atoms with Crippen LogP contribution < -0.4 is 0 Å². The molecule has 0 heterocycles. The Bertz CT molecular complexity index is 803. The standard InChI is InChI=1S/C31H63IO3Si3/c1-18-19-24-22-25(26(20-21-32)33-36(12,13)29(3,4)5)28(35-38(16,17)31(9,10)11)27(23(24)2)34-37(14,15)30(6,7)8/h18,20-21,23-28H,1,19,22H2,2-17H3/b21-20+/t23-,24+,25-,26-,27-,28+/m0/s1. The molecule has 6 atom stereocenters. The van der Waals surface area contributed by atoms with Gasteiger partial charge in [-0.3, -0.25) is 0 Å². The van der Waals surface area contributed by atoms with Crippen LogP contribution in [0.3, 0.4) is 0 Å². The van der Waals surface area contributed by atoms with Crippen molar-refractivity contribution in [3.05, 3.63) is 22.8 Å². The monoisotopic (exact) mass is 694 g/mol. The SMILES string of the molecule is C=CC[C@@H]1C[C@@H]([C@H](/C=C/I)O[Si](C)(C)C(C)(C)C)[C@@H](O[Si](C)(C)C(C)(C)C)[C@@H](O[Si](C)(C)C(C)(C)C)[C@H]1C.